The molecule has 96 valence electrons. The molecule has 0 aromatic carbocycles. The van der Waals surface area contributed by atoms with Gasteiger partial charge in [0, 0.05) is 44.1 Å². The summed E-state index contributed by atoms with van der Waals surface area (Å²) in [5, 5.41) is 8.74. The lowest BCUT2D eigenvalue weighted by Crippen LogP contribution is -2.49. The van der Waals surface area contributed by atoms with Crippen molar-refractivity contribution in [2.45, 2.75) is 13.5 Å². The van der Waals surface area contributed by atoms with Crippen LogP contribution in [-0.4, -0.2) is 27.6 Å². The van der Waals surface area contributed by atoms with Crippen LogP contribution in [0.15, 0.2) is 30.7 Å². The number of nitrogens with zero attached hydrogens (tertiary/aromatic N) is 5. The van der Waals surface area contributed by atoms with E-state index in [0.717, 1.165) is 31.3 Å². The average molecular weight is 253 g/mol. The Labute approximate surface area is 112 Å². The molecule has 0 saturated carbocycles. The van der Waals surface area contributed by atoms with Gasteiger partial charge >= 0.3 is 0 Å². The minimum Gasteiger partial charge on any atom is -0.356 e. The van der Waals surface area contributed by atoms with Gasteiger partial charge in [0.25, 0.3) is 0 Å². The van der Waals surface area contributed by atoms with Gasteiger partial charge in [-0.15, -0.1) is 0 Å². The zero-order valence-corrected chi connectivity index (χ0v) is 10.8. The van der Waals surface area contributed by atoms with Crippen LogP contribution in [0.25, 0.3) is 0 Å². The highest BCUT2D eigenvalue weighted by Crippen LogP contribution is 2.24. The van der Waals surface area contributed by atoms with Crippen LogP contribution in [0.2, 0.25) is 0 Å². The second-order valence-electron chi connectivity index (χ2n) is 4.91. The molecule has 1 saturated heterocycles. The molecule has 1 fully saturated rings. The molecule has 3 heterocycles. The van der Waals surface area contributed by atoms with Gasteiger partial charge in [-0.3, -0.25) is 0 Å². The molecule has 0 radical (unpaired) electrons. The molecule has 0 unspecified atom stereocenters. The van der Waals surface area contributed by atoms with E-state index in [-0.39, 0.29) is 0 Å². The van der Waals surface area contributed by atoms with Gasteiger partial charge in [-0.05, 0) is 19.1 Å². The Morgan fingerprint density at radius 3 is 2.79 bits per heavy atom. The maximum absolute atomic E-state index is 8.74. The fourth-order valence-electron chi connectivity index (χ4n) is 2.39. The first-order valence-corrected chi connectivity index (χ1v) is 6.35. The summed E-state index contributed by atoms with van der Waals surface area (Å²) >= 11 is 0. The Bertz CT molecular complexity index is 602. The van der Waals surface area contributed by atoms with Gasteiger partial charge in [0.15, 0.2) is 0 Å². The molecule has 0 spiro atoms. The molecular weight excluding hydrogens is 238 g/mol. The number of aryl methyl sites for hydroxylation is 1. The Hall–Kier alpha value is -2.35. The molecule has 19 heavy (non-hydrogen) atoms. The van der Waals surface area contributed by atoms with Crippen molar-refractivity contribution in [3.63, 3.8) is 0 Å². The molecule has 0 atom stereocenters. The van der Waals surface area contributed by atoms with Crippen LogP contribution in [0.1, 0.15) is 11.4 Å². The van der Waals surface area contributed by atoms with Gasteiger partial charge in [0.1, 0.15) is 17.7 Å². The van der Waals surface area contributed by atoms with Gasteiger partial charge in [0.05, 0.1) is 5.56 Å². The van der Waals surface area contributed by atoms with Crippen LogP contribution in [0, 0.1) is 24.2 Å². The number of pyridine rings is 1. The second-order valence-corrected chi connectivity index (χ2v) is 4.91. The predicted octanol–water partition coefficient (Wildman–Crippen LogP) is 1.59. The lowest BCUT2D eigenvalue weighted by Gasteiger charge is -2.40. The van der Waals surface area contributed by atoms with E-state index in [9.17, 15) is 0 Å². The summed E-state index contributed by atoms with van der Waals surface area (Å²) in [7, 11) is 0. The summed E-state index contributed by atoms with van der Waals surface area (Å²) in [6.45, 7) is 5.06. The molecule has 5 nitrogen and oxygen atoms in total. The van der Waals surface area contributed by atoms with Crippen molar-refractivity contribution in [3.8, 4) is 6.07 Å². The molecule has 2 aromatic rings. The standard InChI is InChI=1S/C14H15N5/c1-11-16-4-5-18(11)8-13-9-19(10-13)14-3-2-12(6-15)7-17-14/h2-5,7,13H,8-10H2,1H3. The van der Waals surface area contributed by atoms with Crippen LogP contribution in [0.5, 0.6) is 0 Å². The van der Waals surface area contributed by atoms with E-state index in [1.165, 1.54) is 0 Å². The van der Waals surface area contributed by atoms with E-state index in [1.807, 2.05) is 31.5 Å². The van der Waals surface area contributed by atoms with Crippen molar-refractivity contribution in [3.05, 3.63) is 42.1 Å². The quantitative estimate of drug-likeness (QED) is 0.833. The summed E-state index contributed by atoms with van der Waals surface area (Å²) < 4.78 is 2.19. The maximum Gasteiger partial charge on any atom is 0.128 e. The number of hydrogen-bond donors (Lipinski definition) is 0. The van der Waals surface area contributed by atoms with E-state index >= 15 is 0 Å². The number of anilines is 1. The fourth-order valence-corrected chi connectivity index (χ4v) is 2.39. The maximum atomic E-state index is 8.74. The van der Waals surface area contributed by atoms with E-state index in [2.05, 4.69) is 25.5 Å². The van der Waals surface area contributed by atoms with Gasteiger partial charge in [-0.1, -0.05) is 0 Å². The predicted molar refractivity (Wildman–Crippen MR) is 71.6 cm³/mol. The van der Waals surface area contributed by atoms with Crippen molar-refractivity contribution in [2.24, 2.45) is 5.92 Å². The molecule has 1 aliphatic rings. The van der Waals surface area contributed by atoms with Crippen molar-refractivity contribution < 1.29 is 0 Å². The molecular formula is C14H15N5. The Kier molecular flexibility index (Phi) is 2.92. The number of hydrogen-bond acceptors (Lipinski definition) is 4. The van der Waals surface area contributed by atoms with Crippen LogP contribution in [0.3, 0.4) is 0 Å². The average Bonchev–Trinajstić information content (AvgIpc) is 2.79. The van der Waals surface area contributed by atoms with Crippen molar-refractivity contribution in [2.75, 3.05) is 18.0 Å². The summed E-state index contributed by atoms with van der Waals surface area (Å²) in [6.07, 6.45) is 5.49. The van der Waals surface area contributed by atoms with Crippen LogP contribution in [-0.2, 0) is 6.54 Å². The third-order valence-electron chi connectivity index (χ3n) is 3.54. The molecule has 0 aliphatic carbocycles. The normalized spacial score (nSPS) is 15.1. The third-order valence-corrected chi connectivity index (χ3v) is 3.54. The summed E-state index contributed by atoms with van der Waals surface area (Å²) in [4.78, 5) is 10.8. The van der Waals surface area contributed by atoms with Crippen LogP contribution < -0.4 is 4.90 Å². The SMILES string of the molecule is Cc1nccn1CC1CN(c2ccc(C#N)cn2)C1. The minimum absolute atomic E-state index is 0.606. The molecule has 0 bridgehead atoms. The molecule has 0 amide bonds. The highest BCUT2D eigenvalue weighted by molar-refractivity contribution is 5.44. The molecule has 3 rings (SSSR count). The topological polar surface area (TPSA) is 57.7 Å². The van der Waals surface area contributed by atoms with Gasteiger partial charge in [-0.25, -0.2) is 9.97 Å². The highest BCUT2D eigenvalue weighted by atomic mass is 15.2. The van der Waals surface area contributed by atoms with Gasteiger partial charge in [-0.2, -0.15) is 5.26 Å². The Balaban J connectivity index is 1.57. The van der Waals surface area contributed by atoms with Crippen molar-refractivity contribution >= 4 is 5.82 Å². The first-order chi connectivity index (χ1) is 9.26. The van der Waals surface area contributed by atoms with E-state index in [1.54, 1.807) is 6.20 Å². The number of imidazole rings is 1. The lowest BCUT2D eigenvalue weighted by molar-refractivity contribution is 0.352. The smallest absolute Gasteiger partial charge is 0.128 e. The monoisotopic (exact) mass is 253 g/mol. The first-order valence-electron chi connectivity index (χ1n) is 6.35. The number of rotatable bonds is 3. The highest BCUT2D eigenvalue weighted by Gasteiger charge is 2.28. The van der Waals surface area contributed by atoms with E-state index in [0.29, 0.717) is 11.5 Å². The molecule has 0 N–H and O–H groups in total. The number of aromatic nitrogens is 3. The summed E-state index contributed by atoms with van der Waals surface area (Å²) in [5.74, 6) is 2.66. The molecule has 2 aromatic heterocycles. The third kappa shape index (κ3) is 2.29. The Morgan fingerprint density at radius 1 is 1.37 bits per heavy atom. The number of nitriles is 1. The summed E-state index contributed by atoms with van der Waals surface area (Å²) in [5.41, 5.74) is 0.606. The van der Waals surface area contributed by atoms with Gasteiger partial charge < -0.3 is 9.47 Å². The minimum atomic E-state index is 0.606. The van der Waals surface area contributed by atoms with Crippen LogP contribution >= 0.6 is 0 Å². The van der Waals surface area contributed by atoms with E-state index in [4.69, 9.17) is 5.26 Å². The zero-order valence-electron chi connectivity index (χ0n) is 10.8. The fraction of sp³-hybridized carbons (Fsp3) is 0.357. The van der Waals surface area contributed by atoms with Crippen molar-refractivity contribution in [1.29, 1.82) is 5.26 Å². The molecule has 5 heteroatoms. The van der Waals surface area contributed by atoms with Gasteiger partial charge in [0.2, 0.25) is 0 Å². The van der Waals surface area contributed by atoms with Crippen molar-refractivity contribution in [1.82, 2.24) is 14.5 Å². The summed E-state index contributed by atoms with van der Waals surface area (Å²) in [6, 6.07) is 5.81. The molecule has 1 aliphatic heterocycles. The largest absolute Gasteiger partial charge is 0.356 e. The lowest BCUT2D eigenvalue weighted by atomic mass is 10.00. The Morgan fingerprint density at radius 2 is 2.21 bits per heavy atom. The zero-order chi connectivity index (χ0) is 13.2. The van der Waals surface area contributed by atoms with E-state index < -0.39 is 0 Å². The van der Waals surface area contributed by atoms with Crippen LogP contribution in [0.4, 0.5) is 5.82 Å². The second kappa shape index (κ2) is 4.73. The first kappa shape index (κ1) is 11.7.